The number of hydrogen-bond donors (Lipinski definition) is 1. The third-order valence-corrected chi connectivity index (χ3v) is 3.40. The normalized spacial score (nSPS) is 23.6. The molecule has 1 N–H and O–H groups in total. The molecule has 1 unspecified atom stereocenters. The standard InChI is InChI=1S/C12H15N.ClH/c1-3-9-4-2-6-11-8-13-7-10(5-1)12(9)11;/h1,3,5,11,13H,2,4,6-8H2;1H. The van der Waals surface area contributed by atoms with E-state index in [1.807, 2.05) is 0 Å². The highest BCUT2D eigenvalue weighted by Gasteiger charge is 2.25. The van der Waals surface area contributed by atoms with Crippen LogP contribution >= 0.6 is 12.4 Å². The van der Waals surface area contributed by atoms with Crippen LogP contribution in [0.3, 0.4) is 0 Å². The van der Waals surface area contributed by atoms with Crippen LogP contribution in [0.4, 0.5) is 0 Å². The summed E-state index contributed by atoms with van der Waals surface area (Å²) in [4.78, 5) is 0. The molecule has 3 rings (SSSR count). The third-order valence-electron chi connectivity index (χ3n) is 3.40. The maximum absolute atomic E-state index is 3.50. The molecule has 1 heterocycles. The minimum absolute atomic E-state index is 0. The van der Waals surface area contributed by atoms with Gasteiger partial charge < -0.3 is 5.32 Å². The Labute approximate surface area is 91.3 Å². The zero-order valence-electron chi connectivity index (χ0n) is 8.25. The van der Waals surface area contributed by atoms with Crippen LogP contribution in [0.1, 0.15) is 35.4 Å². The smallest absolute Gasteiger partial charge is 0.0208 e. The zero-order valence-corrected chi connectivity index (χ0v) is 9.07. The van der Waals surface area contributed by atoms with E-state index in [-0.39, 0.29) is 12.4 Å². The lowest BCUT2D eigenvalue weighted by molar-refractivity contribution is 0.474. The molecular formula is C12H16ClN. The Morgan fingerprint density at radius 3 is 3.00 bits per heavy atom. The summed E-state index contributed by atoms with van der Waals surface area (Å²) in [5, 5.41) is 3.50. The molecule has 1 aromatic rings. The molecule has 0 radical (unpaired) electrons. The second kappa shape index (κ2) is 3.92. The molecule has 0 bridgehead atoms. The molecule has 1 nitrogen and oxygen atoms in total. The van der Waals surface area contributed by atoms with Crippen LogP contribution in [0.2, 0.25) is 0 Å². The van der Waals surface area contributed by atoms with Crippen molar-refractivity contribution in [2.24, 2.45) is 0 Å². The minimum atomic E-state index is 0. The van der Waals surface area contributed by atoms with Gasteiger partial charge in [0.15, 0.2) is 0 Å². The summed E-state index contributed by atoms with van der Waals surface area (Å²) in [7, 11) is 0. The van der Waals surface area contributed by atoms with E-state index in [1.54, 1.807) is 16.7 Å². The van der Waals surface area contributed by atoms with Crippen LogP contribution in [0.25, 0.3) is 0 Å². The summed E-state index contributed by atoms with van der Waals surface area (Å²) in [6.07, 6.45) is 4.07. The van der Waals surface area contributed by atoms with Crippen molar-refractivity contribution in [3.63, 3.8) is 0 Å². The topological polar surface area (TPSA) is 12.0 Å². The molecule has 14 heavy (non-hydrogen) atoms. The molecule has 0 saturated heterocycles. The molecule has 2 aliphatic rings. The van der Waals surface area contributed by atoms with E-state index in [0.29, 0.717) is 0 Å². The Bertz CT molecular complexity index is 307. The van der Waals surface area contributed by atoms with E-state index in [1.165, 1.54) is 25.8 Å². The predicted molar refractivity (Wildman–Crippen MR) is 61.1 cm³/mol. The highest BCUT2D eigenvalue weighted by molar-refractivity contribution is 5.85. The fourth-order valence-corrected chi connectivity index (χ4v) is 2.83. The van der Waals surface area contributed by atoms with Gasteiger partial charge in [0.05, 0.1) is 0 Å². The molecule has 1 aliphatic carbocycles. The fourth-order valence-electron chi connectivity index (χ4n) is 2.83. The first kappa shape index (κ1) is 10.0. The number of rotatable bonds is 0. The maximum Gasteiger partial charge on any atom is 0.0208 e. The zero-order chi connectivity index (χ0) is 8.67. The van der Waals surface area contributed by atoms with E-state index in [9.17, 15) is 0 Å². The first-order valence-electron chi connectivity index (χ1n) is 5.26. The first-order chi connectivity index (χ1) is 6.45. The summed E-state index contributed by atoms with van der Waals surface area (Å²) in [5.41, 5.74) is 4.86. The van der Waals surface area contributed by atoms with Crippen LogP contribution in [-0.4, -0.2) is 6.54 Å². The van der Waals surface area contributed by atoms with Crippen LogP contribution in [0.15, 0.2) is 18.2 Å². The molecule has 1 aromatic carbocycles. The van der Waals surface area contributed by atoms with Gasteiger partial charge in [-0.05, 0) is 41.9 Å². The lowest BCUT2D eigenvalue weighted by Crippen LogP contribution is -2.30. The average molecular weight is 210 g/mol. The largest absolute Gasteiger partial charge is 0.312 e. The molecule has 76 valence electrons. The van der Waals surface area contributed by atoms with Gasteiger partial charge in [0.25, 0.3) is 0 Å². The van der Waals surface area contributed by atoms with E-state index >= 15 is 0 Å². The Kier molecular flexibility index (Phi) is 2.80. The summed E-state index contributed by atoms with van der Waals surface area (Å²) < 4.78 is 0. The first-order valence-corrected chi connectivity index (χ1v) is 5.26. The Morgan fingerprint density at radius 2 is 2.07 bits per heavy atom. The Balaban J connectivity index is 0.000000750. The summed E-state index contributed by atoms with van der Waals surface area (Å²) in [5.74, 6) is 0.814. The van der Waals surface area contributed by atoms with Crippen molar-refractivity contribution in [1.82, 2.24) is 5.32 Å². The molecule has 0 aromatic heterocycles. The third kappa shape index (κ3) is 1.45. The van der Waals surface area contributed by atoms with E-state index in [0.717, 1.165) is 12.5 Å². The number of halogens is 1. The van der Waals surface area contributed by atoms with Crippen molar-refractivity contribution in [3.8, 4) is 0 Å². The Morgan fingerprint density at radius 1 is 1.21 bits per heavy atom. The number of benzene rings is 1. The molecule has 2 heteroatoms. The highest BCUT2D eigenvalue weighted by atomic mass is 35.5. The van der Waals surface area contributed by atoms with Gasteiger partial charge in [-0.25, -0.2) is 0 Å². The highest BCUT2D eigenvalue weighted by Crippen LogP contribution is 2.35. The fraction of sp³-hybridized carbons (Fsp3) is 0.500. The monoisotopic (exact) mass is 209 g/mol. The molecule has 1 aliphatic heterocycles. The second-order valence-electron chi connectivity index (χ2n) is 4.21. The van der Waals surface area contributed by atoms with E-state index in [2.05, 4.69) is 23.5 Å². The van der Waals surface area contributed by atoms with Gasteiger partial charge in [0, 0.05) is 13.1 Å². The SMILES string of the molecule is Cl.c1cc2c3c(c1)CNCC3CCC2. The van der Waals surface area contributed by atoms with Gasteiger partial charge in [0.1, 0.15) is 0 Å². The van der Waals surface area contributed by atoms with Gasteiger partial charge in [0.2, 0.25) is 0 Å². The summed E-state index contributed by atoms with van der Waals surface area (Å²) in [6, 6.07) is 6.81. The van der Waals surface area contributed by atoms with Gasteiger partial charge in [-0.3, -0.25) is 0 Å². The molecule has 0 spiro atoms. The lowest BCUT2D eigenvalue weighted by atomic mass is 9.78. The Hall–Kier alpha value is -0.530. The van der Waals surface area contributed by atoms with Crippen molar-refractivity contribution >= 4 is 12.4 Å². The molecule has 1 atom stereocenters. The van der Waals surface area contributed by atoms with Crippen molar-refractivity contribution in [2.45, 2.75) is 31.7 Å². The second-order valence-corrected chi connectivity index (χ2v) is 4.21. The van der Waals surface area contributed by atoms with Crippen molar-refractivity contribution in [2.75, 3.05) is 6.54 Å². The molecule has 0 saturated carbocycles. The van der Waals surface area contributed by atoms with Gasteiger partial charge in [-0.15, -0.1) is 12.4 Å². The molecule has 0 amide bonds. The molecular weight excluding hydrogens is 194 g/mol. The van der Waals surface area contributed by atoms with E-state index < -0.39 is 0 Å². The van der Waals surface area contributed by atoms with Crippen molar-refractivity contribution in [1.29, 1.82) is 0 Å². The number of hydrogen-bond acceptors (Lipinski definition) is 1. The lowest BCUT2D eigenvalue weighted by Gasteiger charge is -2.32. The van der Waals surface area contributed by atoms with Crippen LogP contribution in [0, 0.1) is 0 Å². The van der Waals surface area contributed by atoms with Crippen molar-refractivity contribution in [3.05, 3.63) is 34.9 Å². The minimum Gasteiger partial charge on any atom is -0.312 e. The molecule has 0 fully saturated rings. The summed E-state index contributed by atoms with van der Waals surface area (Å²) >= 11 is 0. The van der Waals surface area contributed by atoms with Gasteiger partial charge in [-0.1, -0.05) is 18.2 Å². The number of nitrogens with one attached hydrogen (secondary N) is 1. The van der Waals surface area contributed by atoms with E-state index in [4.69, 9.17) is 0 Å². The summed E-state index contributed by atoms with van der Waals surface area (Å²) in [6.45, 7) is 2.28. The average Bonchev–Trinajstić information content (AvgIpc) is 2.19. The van der Waals surface area contributed by atoms with Crippen LogP contribution < -0.4 is 5.32 Å². The van der Waals surface area contributed by atoms with Gasteiger partial charge >= 0.3 is 0 Å². The van der Waals surface area contributed by atoms with Crippen LogP contribution in [0.5, 0.6) is 0 Å². The van der Waals surface area contributed by atoms with Crippen molar-refractivity contribution < 1.29 is 0 Å². The van der Waals surface area contributed by atoms with Gasteiger partial charge in [-0.2, -0.15) is 0 Å². The predicted octanol–water partition coefficient (Wildman–Crippen LogP) is 2.63. The maximum atomic E-state index is 3.50. The number of aryl methyl sites for hydroxylation is 1. The quantitative estimate of drug-likeness (QED) is 0.693. The van der Waals surface area contributed by atoms with Crippen LogP contribution in [-0.2, 0) is 13.0 Å².